The highest BCUT2D eigenvalue weighted by Crippen LogP contribution is 2.16. The van der Waals surface area contributed by atoms with Crippen LogP contribution in [0.3, 0.4) is 0 Å². The van der Waals surface area contributed by atoms with Gasteiger partial charge in [-0.3, -0.25) is 4.98 Å². The van der Waals surface area contributed by atoms with Gasteiger partial charge in [0, 0.05) is 11.8 Å². The first kappa shape index (κ1) is 14.5. The molecule has 0 unspecified atom stereocenters. The maximum Gasteiger partial charge on any atom is 0.109 e. The van der Waals surface area contributed by atoms with Crippen molar-refractivity contribution >= 4 is 17.4 Å². The summed E-state index contributed by atoms with van der Waals surface area (Å²) in [4.78, 5) is 12.5. The Hall–Kier alpha value is -3.47. The number of pyridine rings is 1. The second kappa shape index (κ2) is 7.51. The third-order valence-corrected chi connectivity index (χ3v) is 3.02. The lowest BCUT2D eigenvalue weighted by Gasteiger charge is -1.94. The van der Waals surface area contributed by atoms with Gasteiger partial charge in [0.2, 0.25) is 0 Å². The van der Waals surface area contributed by atoms with E-state index in [1.165, 1.54) is 0 Å². The Morgan fingerprint density at radius 3 is 2.26 bits per heavy atom. The van der Waals surface area contributed by atoms with Gasteiger partial charge in [-0.2, -0.15) is 9.98 Å². The summed E-state index contributed by atoms with van der Waals surface area (Å²) in [7, 11) is 0. The van der Waals surface area contributed by atoms with E-state index in [9.17, 15) is 0 Å². The molecule has 0 saturated heterocycles. The van der Waals surface area contributed by atoms with E-state index in [0.717, 1.165) is 16.8 Å². The molecule has 23 heavy (non-hydrogen) atoms. The van der Waals surface area contributed by atoms with Gasteiger partial charge >= 0.3 is 0 Å². The van der Waals surface area contributed by atoms with Crippen LogP contribution in [0.15, 0.2) is 89.1 Å². The number of aliphatic imine (C=N–C) groups is 2. The van der Waals surface area contributed by atoms with E-state index in [2.05, 4.69) is 32.8 Å². The molecule has 0 aliphatic carbocycles. The zero-order chi connectivity index (χ0) is 15.7. The Bertz CT molecular complexity index is 898. The van der Waals surface area contributed by atoms with Crippen LogP contribution in [0.5, 0.6) is 0 Å². The van der Waals surface area contributed by atoms with Crippen LogP contribution in [0.2, 0.25) is 0 Å². The fraction of sp³-hybridized carbons (Fsp3) is 0. The monoisotopic (exact) mass is 295 g/mol. The summed E-state index contributed by atoms with van der Waals surface area (Å²) in [5.74, 6) is 6.23. The summed E-state index contributed by atoms with van der Waals surface area (Å²) in [6.45, 7) is 0. The van der Waals surface area contributed by atoms with Crippen molar-refractivity contribution in [3.05, 3.63) is 90.3 Å². The summed E-state index contributed by atoms with van der Waals surface area (Å²) in [6, 6.07) is 23.9. The molecule has 1 heterocycles. The van der Waals surface area contributed by atoms with Gasteiger partial charge in [-0.05, 0) is 30.3 Å². The summed E-state index contributed by atoms with van der Waals surface area (Å²) in [5.41, 5.74) is 3.20. The van der Waals surface area contributed by atoms with Gasteiger partial charge in [-0.15, -0.1) is 0 Å². The summed E-state index contributed by atoms with van der Waals surface area (Å²) >= 11 is 0. The molecule has 3 heteroatoms. The Morgan fingerprint density at radius 1 is 0.739 bits per heavy atom. The average molecular weight is 295 g/mol. The first-order chi connectivity index (χ1) is 11.4. The molecule has 0 atom stereocenters. The van der Waals surface area contributed by atoms with Crippen molar-refractivity contribution in [2.24, 2.45) is 9.98 Å². The minimum Gasteiger partial charge on any atom is -0.262 e. The number of aromatic nitrogens is 1. The fourth-order valence-corrected chi connectivity index (χ4v) is 1.88. The molecule has 0 amide bonds. The summed E-state index contributed by atoms with van der Waals surface area (Å²) in [6.07, 6.45) is 3.35. The van der Waals surface area contributed by atoms with Crippen molar-refractivity contribution in [1.82, 2.24) is 4.98 Å². The van der Waals surface area contributed by atoms with Crippen LogP contribution >= 0.6 is 0 Å². The van der Waals surface area contributed by atoms with Crippen LogP contribution in [-0.2, 0) is 0 Å². The SMILES string of the molecule is C(=Nc1ccccc1)=Nc1cnccc1C#Cc1ccccc1. The third kappa shape index (κ3) is 4.25. The van der Waals surface area contributed by atoms with E-state index in [0.29, 0.717) is 5.69 Å². The minimum absolute atomic E-state index is 0.649. The molecule has 0 N–H and O–H groups in total. The van der Waals surface area contributed by atoms with Crippen molar-refractivity contribution in [2.75, 3.05) is 0 Å². The predicted octanol–water partition coefficient (Wildman–Crippen LogP) is 4.62. The highest BCUT2D eigenvalue weighted by molar-refractivity contribution is 5.62. The number of hydrogen-bond donors (Lipinski definition) is 0. The number of para-hydroxylation sites is 1. The van der Waals surface area contributed by atoms with E-state index in [4.69, 9.17) is 0 Å². The molecule has 0 aliphatic heterocycles. The molecule has 0 saturated carbocycles. The van der Waals surface area contributed by atoms with E-state index in [1.807, 2.05) is 66.7 Å². The number of hydrogen-bond acceptors (Lipinski definition) is 3. The number of benzene rings is 2. The molecule has 2 aromatic carbocycles. The molecule has 1 aromatic heterocycles. The minimum atomic E-state index is 0.649. The molecule has 108 valence electrons. The molecule has 0 radical (unpaired) electrons. The quantitative estimate of drug-likeness (QED) is 0.502. The molecule has 3 nitrogen and oxygen atoms in total. The van der Waals surface area contributed by atoms with Gasteiger partial charge in [0.05, 0.1) is 17.4 Å². The van der Waals surface area contributed by atoms with Crippen LogP contribution in [-0.4, -0.2) is 11.0 Å². The van der Waals surface area contributed by atoms with Crippen molar-refractivity contribution in [3.63, 3.8) is 0 Å². The number of nitrogens with zero attached hydrogens (tertiary/aromatic N) is 3. The average Bonchev–Trinajstić information content (AvgIpc) is 2.63. The molecule has 3 aromatic rings. The zero-order valence-electron chi connectivity index (χ0n) is 12.3. The largest absolute Gasteiger partial charge is 0.262 e. The van der Waals surface area contributed by atoms with E-state index in [-0.39, 0.29) is 0 Å². The van der Waals surface area contributed by atoms with Crippen molar-refractivity contribution in [3.8, 4) is 11.8 Å². The van der Waals surface area contributed by atoms with Gasteiger partial charge in [0.1, 0.15) is 11.7 Å². The highest BCUT2D eigenvalue weighted by Gasteiger charge is 1.96. The van der Waals surface area contributed by atoms with Crippen molar-refractivity contribution < 1.29 is 0 Å². The van der Waals surface area contributed by atoms with Gasteiger partial charge in [0.15, 0.2) is 0 Å². The van der Waals surface area contributed by atoms with Crippen LogP contribution in [0.1, 0.15) is 11.1 Å². The molecule has 0 bridgehead atoms. The first-order valence-electron chi connectivity index (χ1n) is 7.14. The molecule has 0 aliphatic rings. The third-order valence-electron chi connectivity index (χ3n) is 3.02. The molecule has 0 spiro atoms. The van der Waals surface area contributed by atoms with Gasteiger partial charge in [0.25, 0.3) is 0 Å². The van der Waals surface area contributed by atoms with Crippen LogP contribution in [0.4, 0.5) is 11.4 Å². The van der Waals surface area contributed by atoms with Crippen molar-refractivity contribution in [2.45, 2.75) is 0 Å². The predicted molar refractivity (Wildman–Crippen MR) is 92.3 cm³/mol. The molecular formula is C20H13N3. The van der Waals surface area contributed by atoms with Gasteiger partial charge in [-0.1, -0.05) is 48.2 Å². The van der Waals surface area contributed by atoms with Crippen LogP contribution in [0, 0.1) is 11.8 Å². The summed E-state index contributed by atoms with van der Waals surface area (Å²) < 4.78 is 0. The molecule has 0 fully saturated rings. The van der Waals surface area contributed by atoms with E-state index < -0.39 is 0 Å². The lowest BCUT2D eigenvalue weighted by atomic mass is 10.2. The Kier molecular flexibility index (Phi) is 4.73. The standard InChI is InChI=1S/C20H13N3/c1-3-7-17(8-4-1)11-12-18-13-14-21-15-20(18)23-16-22-19-9-5-2-6-10-19/h1-10,13-15H. The van der Waals surface area contributed by atoms with Crippen LogP contribution in [0.25, 0.3) is 0 Å². The second-order valence-corrected chi connectivity index (χ2v) is 4.67. The maximum absolute atomic E-state index is 4.23. The lowest BCUT2D eigenvalue weighted by molar-refractivity contribution is 1.30. The van der Waals surface area contributed by atoms with E-state index >= 15 is 0 Å². The highest BCUT2D eigenvalue weighted by atomic mass is 14.8. The molecular weight excluding hydrogens is 282 g/mol. The Balaban J connectivity index is 1.87. The Labute approximate surface area is 135 Å². The van der Waals surface area contributed by atoms with Gasteiger partial charge < -0.3 is 0 Å². The van der Waals surface area contributed by atoms with E-state index in [1.54, 1.807) is 12.4 Å². The second-order valence-electron chi connectivity index (χ2n) is 4.67. The van der Waals surface area contributed by atoms with Gasteiger partial charge in [-0.25, -0.2) is 0 Å². The normalized spacial score (nSPS) is 9.22. The maximum atomic E-state index is 4.23. The smallest absolute Gasteiger partial charge is 0.109 e. The molecule has 3 rings (SSSR count). The first-order valence-corrected chi connectivity index (χ1v) is 7.14. The Morgan fingerprint density at radius 2 is 1.48 bits per heavy atom. The number of rotatable bonds is 2. The van der Waals surface area contributed by atoms with Crippen molar-refractivity contribution in [1.29, 1.82) is 0 Å². The summed E-state index contributed by atoms with van der Waals surface area (Å²) in [5, 5.41) is 0. The van der Waals surface area contributed by atoms with Crippen LogP contribution < -0.4 is 0 Å². The lowest BCUT2D eigenvalue weighted by Crippen LogP contribution is -1.79. The zero-order valence-corrected chi connectivity index (χ0v) is 12.3. The topological polar surface area (TPSA) is 37.6 Å². The fourth-order valence-electron chi connectivity index (χ4n) is 1.88.